The van der Waals surface area contributed by atoms with Crippen LogP contribution in [0.15, 0.2) is 60.9 Å². The lowest BCUT2D eigenvalue weighted by Crippen LogP contribution is -2.38. The monoisotopic (exact) mass is 499 g/mol. The largest absolute Gasteiger partial charge is 0.492 e. The molecule has 8 heteroatoms. The molecule has 192 valence electrons. The van der Waals surface area contributed by atoms with Crippen molar-refractivity contribution in [2.75, 3.05) is 57.9 Å². The predicted octanol–water partition coefficient (Wildman–Crippen LogP) is 4.59. The van der Waals surface area contributed by atoms with Gasteiger partial charge in [-0.2, -0.15) is 0 Å². The van der Waals surface area contributed by atoms with E-state index in [1.54, 1.807) is 6.33 Å². The summed E-state index contributed by atoms with van der Waals surface area (Å²) in [4.78, 5) is 15.1. The molecule has 2 aliphatic rings. The van der Waals surface area contributed by atoms with Crippen LogP contribution in [0.4, 0.5) is 5.82 Å². The number of hydrogen-bond donors (Lipinski definition) is 2. The van der Waals surface area contributed by atoms with Gasteiger partial charge in [-0.15, -0.1) is 0 Å². The first-order valence-electron chi connectivity index (χ1n) is 13.2. The summed E-state index contributed by atoms with van der Waals surface area (Å²) in [6.45, 7) is 6.69. The number of hydrogen-bond acceptors (Lipinski definition) is 7. The Balaban J connectivity index is 1.27. The van der Waals surface area contributed by atoms with E-state index in [1.807, 2.05) is 18.2 Å². The fourth-order valence-electron chi connectivity index (χ4n) is 5.12. The van der Waals surface area contributed by atoms with Gasteiger partial charge < -0.3 is 24.5 Å². The molecule has 2 saturated heterocycles. The van der Waals surface area contributed by atoms with E-state index >= 15 is 0 Å². The van der Waals surface area contributed by atoms with Crippen molar-refractivity contribution in [1.82, 2.24) is 19.9 Å². The van der Waals surface area contributed by atoms with Crippen molar-refractivity contribution in [3.05, 3.63) is 60.9 Å². The van der Waals surface area contributed by atoms with Crippen LogP contribution in [0.2, 0.25) is 0 Å². The molecule has 37 heavy (non-hydrogen) atoms. The van der Waals surface area contributed by atoms with Crippen LogP contribution in [-0.4, -0.2) is 78.6 Å². The van der Waals surface area contributed by atoms with E-state index in [-0.39, 0.29) is 6.10 Å². The first kappa shape index (κ1) is 23.9. The van der Waals surface area contributed by atoms with Crippen LogP contribution in [0.25, 0.3) is 33.4 Å². The van der Waals surface area contributed by atoms with Gasteiger partial charge in [0.1, 0.15) is 30.1 Å². The van der Waals surface area contributed by atoms with E-state index in [9.17, 15) is 0 Å². The Morgan fingerprint density at radius 1 is 0.973 bits per heavy atom. The Morgan fingerprint density at radius 3 is 2.59 bits per heavy atom. The van der Waals surface area contributed by atoms with Crippen molar-refractivity contribution >= 4 is 16.9 Å². The summed E-state index contributed by atoms with van der Waals surface area (Å²) in [5, 5.41) is 4.53. The fourth-order valence-corrected chi connectivity index (χ4v) is 5.12. The highest BCUT2D eigenvalue weighted by molar-refractivity contribution is 6.07. The minimum atomic E-state index is 0.222. The number of fused-ring (bicyclic) bond motifs is 1. The zero-order valence-corrected chi connectivity index (χ0v) is 21.0. The Kier molecular flexibility index (Phi) is 7.30. The van der Waals surface area contributed by atoms with Crippen molar-refractivity contribution < 1.29 is 14.2 Å². The third-order valence-corrected chi connectivity index (χ3v) is 7.10. The molecule has 0 amide bonds. The van der Waals surface area contributed by atoms with Gasteiger partial charge in [0.2, 0.25) is 0 Å². The van der Waals surface area contributed by atoms with Gasteiger partial charge in [0.25, 0.3) is 0 Å². The lowest BCUT2D eigenvalue weighted by atomic mass is 9.99. The van der Waals surface area contributed by atoms with Crippen LogP contribution >= 0.6 is 0 Å². The van der Waals surface area contributed by atoms with Crippen LogP contribution in [0.3, 0.4) is 0 Å². The molecule has 0 saturated carbocycles. The molecule has 0 radical (unpaired) electrons. The van der Waals surface area contributed by atoms with E-state index in [0.717, 1.165) is 104 Å². The predicted molar refractivity (Wildman–Crippen MR) is 145 cm³/mol. The van der Waals surface area contributed by atoms with Crippen LogP contribution in [-0.2, 0) is 9.47 Å². The number of H-pyrrole nitrogens is 1. The van der Waals surface area contributed by atoms with E-state index in [0.29, 0.717) is 6.61 Å². The Labute approximate surface area is 217 Å². The molecule has 0 bridgehead atoms. The second-order valence-electron chi connectivity index (χ2n) is 9.53. The fraction of sp³-hybridized carbons (Fsp3) is 0.379. The SMILES string of the molecule is c1ccc(-c2c(-c3ccc(OCCN4CCOCC4)cc3)[nH]c3ncnc(NCC4CCCO4)c23)cc1. The normalized spacial score (nSPS) is 18.3. The molecule has 2 N–H and O–H groups in total. The molecular formula is C29H33N5O3. The number of ether oxygens (including phenoxy) is 3. The van der Waals surface area contributed by atoms with Gasteiger partial charge in [-0.05, 0) is 48.2 Å². The molecule has 2 aliphatic heterocycles. The van der Waals surface area contributed by atoms with Gasteiger partial charge in [-0.1, -0.05) is 30.3 Å². The van der Waals surface area contributed by atoms with Crippen LogP contribution < -0.4 is 10.1 Å². The van der Waals surface area contributed by atoms with Crippen molar-refractivity contribution in [3.63, 3.8) is 0 Å². The minimum absolute atomic E-state index is 0.222. The summed E-state index contributed by atoms with van der Waals surface area (Å²) >= 11 is 0. The number of nitrogens with one attached hydrogen (secondary N) is 2. The van der Waals surface area contributed by atoms with Gasteiger partial charge in [-0.3, -0.25) is 4.90 Å². The minimum Gasteiger partial charge on any atom is -0.492 e. The Hall–Kier alpha value is -3.46. The summed E-state index contributed by atoms with van der Waals surface area (Å²) in [6, 6.07) is 18.7. The highest BCUT2D eigenvalue weighted by Crippen LogP contribution is 2.40. The molecule has 4 heterocycles. The molecular weight excluding hydrogens is 466 g/mol. The number of nitrogens with zero attached hydrogens (tertiary/aromatic N) is 3. The van der Waals surface area contributed by atoms with E-state index in [2.05, 4.69) is 61.6 Å². The van der Waals surface area contributed by atoms with Crippen molar-refractivity contribution in [1.29, 1.82) is 0 Å². The third kappa shape index (κ3) is 5.46. The average Bonchev–Trinajstić information content (AvgIpc) is 3.62. The quantitative estimate of drug-likeness (QED) is 0.348. The molecule has 0 spiro atoms. The summed E-state index contributed by atoms with van der Waals surface area (Å²) in [5.74, 6) is 1.69. The molecule has 1 unspecified atom stereocenters. The molecule has 4 aromatic rings. The summed E-state index contributed by atoms with van der Waals surface area (Å²) in [5.41, 5.74) is 5.10. The van der Waals surface area contributed by atoms with Crippen LogP contribution in [0.5, 0.6) is 5.75 Å². The van der Waals surface area contributed by atoms with Gasteiger partial charge in [0, 0.05) is 38.3 Å². The van der Waals surface area contributed by atoms with Crippen molar-refractivity contribution in [2.45, 2.75) is 18.9 Å². The second kappa shape index (κ2) is 11.3. The maximum absolute atomic E-state index is 6.04. The Bertz CT molecular complexity index is 1300. The molecule has 2 aromatic heterocycles. The van der Waals surface area contributed by atoms with Gasteiger partial charge in [-0.25, -0.2) is 9.97 Å². The number of morpholine rings is 1. The van der Waals surface area contributed by atoms with E-state index < -0.39 is 0 Å². The zero-order chi connectivity index (χ0) is 24.9. The lowest BCUT2D eigenvalue weighted by molar-refractivity contribution is 0.0322. The number of rotatable bonds is 9. The van der Waals surface area contributed by atoms with Crippen molar-refractivity contribution in [3.8, 4) is 28.1 Å². The number of aromatic amines is 1. The third-order valence-electron chi connectivity index (χ3n) is 7.10. The highest BCUT2D eigenvalue weighted by atomic mass is 16.5. The van der Waals surface area contributed by atoms with Crippen LogP contribution in [0, 0.1) is 0 Å². The topological polar surface area (TPSA) is 84.5 Å². The summed E-state index contributed by atoms with van der Waals surface area (Å²) < 4.78 is 17.3. The molecule has 2 fully saturated rings. The molecule has 6 rings (SSSR count). The van der Waals surface area contributed by atoms with Crippen LogP contribution in [0.1, 0.15) is 12.8 Å². The van der Waals surface area contributed by atoms with Crippen molar-refractivity contribution in [2.24, 2.45) is 0 Å². The number of anilines is 1. The highest BCUT2D eigenvalue weighted by Gasteiger charge is 2.21. The lowest BCUT2D eigenvalue weighted by Gasteiger charge is -2.26. The second-order valence-corrected chi connectivity index (χ2v) is 9.53. The standard InChI is InChI=1S/C29H33N5O3/c1-2-5-21(6-3-1)25-26-28(30-19-24-7-4-15-36-24)31-20-32-29(26)33-27(25)22-8-10-23(11-9-22)37-18-14-34-12-16-35-17-13-34/h1-3,5-6,8-11,20,24H,4,7,12-19H2,(H2,30,31,32,33). The average molecular weight is 500 g/mol. The maximum Gasteiger partial charge on any atom is 0.143 e. The van der Waals surface area contributed by atoms with Gasteiger partial charge in [0.15, 0.2) is 0 Å². The smallest absolute Gasteiger partial charge is 0.143 e. The molecule has 1 atom stereocenters. The molecule has 2 aromatic carbocycles. The number of aromatic nitrogens is 3. The summed E-state index contributed by atoms with van der Waals surface area (Å²) in [7, 11) is 0. The molecule has 8 nitrogen and oxygen atoms in total. The molecule has 0 aliphatic carbocycles. The Morgan fingerprint density at radius 2 is 1.81 bits per heavy atom. The first-order valence-corrected chi connectivity index (χ1v) is 13.2. The van der Waals surface area contributed by atoms with Gasteiger partial charge in [0.05, 0.1) is 30.4 Å². The zero-order valence-electron chi connectivity index (χ0n) is 21.0. The van der Waals surface area contributed by atoms with E-state index in [1.165, 1.54) is 0 Å². The van der Waals surface area contributed by atoms with E-state index in [4.69, 9.17) is 14.2 Å². The summed E-state index contributed by atoms with van der Waals surface area (Å²) in [6.07, 6.45) is 4.02. The first-order chi connectivity index (χ1) is 18.3. The number of benzene rings is 2. The van der Waals surface area contributed by atoms with Gasteiger partial charge >= 0.3 is 0 Å². The maximum atomic E-state index is 6.04.